The highest BCUT2D eigenvalue weighted by Crippen LogP contribution is 2.33. The van der Waals surface area contributed by atoms with Crippen LogP contribution in [0.3, 0.4) is 0 Å². The standard InChI is InChI=1S/C12H16O3/c1-14-11-6-8-3-4-10(13)5-9(8)7-12(11)15-2/h6-7,10,13H,3-5H2,1-2H3. The number of aliphatic hydroxyl groups is 1. The summed E-state index contributed by atoms with van der Waals surface area (Å²) in [6.45, 7) is 0. The smallest absolute Gasteiger partial charge is 0.161 e. The zero-order valence-corrected chi connectivity index (χ0v) is 9.12. The second-order valence-electron chi connectivity index (χ2n) is 3.87. The van der Waals surface area contributed by atoms with E-state index in [0.717, 1.165) is 30.8 Å². The lowest BCUT2D eigenvalue weighted by Crippen LogP contribution is -2.18. The Morgan fingerprint density at radius 1 is 1.13 bits per heavy atom. The Bertz CT molecular complexity index is 360. The Morgan fingerprint density at radius 2 is 1.73 bits per heavy atom. The van der Waals surface area contributed by atoms with E-state index in [2.05, 4.69) is 0 Å². The van der Waals surface area contributed by atoms with Gasteiger partial charge in [0.2, 0.25) is 0 Å². The Hall–Kier alpha value is -1.22. The molecule has 0 radical (unpaired) electrons. The van der Waals surface area contributed by atoms with Gasteiger partial charge in [0.05, 0.1) is 20.3 Å². The molecule has 0 fully saturated rings. The van der Waals surface area contributed by atoms with E-state index in [1.807, 2.05) is 12.1 Å². The average Bonchev–Trinajstić information content (AvgIpc) is 2.27. The Morgan fingerprint density at radius 3 is 2.33 bits per heavy atom. The minimum Gasteiger partial charge on any atom is -0.493 e. The lowest BCUT2D eigenvalue weighted by Gasteiger charge is -2.22. The Balaban J connectivity index is 2.41. The summed E-state index contributed by atoms with van der Waals surface area (Å²) in [7, 11) is 3.27. The van der Waals surface area contributed by atoms with Gasteiger partial charge in [0.15, 0.2) is 11.5 Å². The predicted molar refractivity (Wildman–Crippen MR) is 57.6 cm³/mol. The molecule has 0 spiro atoms. The zero-order chi connectivity index (χ0) is 10.8. The van der Waals surface area contributed by atoms with Gasteiger partial charge in [-0.3, -0.25) is 0 Å². The molecule has 1 aromatic rings. The average molecular weight is 208 g/mol. The van der Waals surface area contributed by atoms with Crippen molar-refractivity contribution in [3.8, 4) is 11.5 Å². The lowest BCUT2D eigenvalue weighted by molar-refractivity contribution is 0.158. The molecule has 1 aliphatic rings. The topological polar surface area (TPSA) is 38.7 Å². The quantitative estimate of drug-likeness (QED) is 0.801. The SMILES string of the molecule is COc1cc2c(cc1OC)CC(O)CC2. The van der Waals surface area contributed by atoms with E-state index < -0.39 is 0 Å². The van der Waals surface area contributed by atoms with Crippen molar-refractivity contribution in [3.05, 3.63) is 23.3 Å². The van der Waals surface area contributed by atoms with E-state index in [1.54, 1.807) is 14.2 Å². The number of fused-ring (bicyclic) bond motifs is 1. The van der Waals surface area contributed by atoms with Crippen molar-refractivity contribution < 1.29 is 14.6 Å². The maximum absolute atomic E-state index is 9.57. The Labute approximate surface area is 89.6 Å². The van der Waals surface area contributed by atoms with Crippen molar-refractivity contribution in [2.75, 3.05) is 14.2 Å². The fraction of sp³-hybridized carbons (Fsp3) is 0.500. The van der Waals surface area contributed by atoms with Crippen LogP contribution in [0.2, 0.25) is 0 Å². The fourth-order valence-electron chi connectivity index (χ4n) is 2.06. The molecule has 1 N–H and O–H groups in total. The van der Waals surface area contributed by atoms with Crippen LogP contribution in [0.1, 0.15) is 17.5 Å². The Kier molecular flexibility index (Phi) is 2.82. The second kappa shape index (κ2) is 4.11. The monoisotopic (exact) mass is 208 g/mol. The van der Waals surface area contributed by atoms with Crippen molar-refractivity contribution in [2.45, 2.75) is 25.4 Å². The summed E-state index contributed by atoms with van der Waals surface area (Å²) in [5.41, 5.74) is 2.43. The number of aliphatic hydroxyl groups excluding tert-OH is 1. The molecule has 0 saturated carbocycles. The molecule has 0 amide bonds. The van der Waals surface area contributed by atoms with Gasteiger partial charge in [0, 0.05) is 0 Å². The number of hydrogen-bond acceptors (Lipinski definition) is 3. The van der Waals surface area contributed by atoms with E-state index in [9.17, 15) is 5.11 Å². The number of hydrogen-bond donors (Lipinski definition) is 1. The minimum atomic E-state index is -0.212. The summed E-state index contributed by atoms with van der Waals surface area (Å²) in [5.74, 6) is 1.51. The summed E-state index contributed by atoms with van der Waals surface area (Å²) in [6.07, 6.45) is 2.25. The normalized spacial score (nSPS) is 19.5. The number of methoxy groups -OCH3 is 2. The van der Waals surface area contributed by atoms with Crippen LogP contribution in [0.15, 0.2) is 12.1 Å². The van der Waals surface area contributed by atoms with Gasteiger partial charge < -0.3 is 14.6 Å². The van der Waals surface area contributed by atoms with Gasteiger partial charge >= 0.3 is 0 Å². The van der Waals surface area contributed by atoms with E-state index >= 15 is 0 Å². The first-order chi connectivity index (χ1) is 7.24. The van der Waals surface area contributed by atoms with E-state index in [4.69, 9.17) is 9.47 Å². The molecular weight excluding hydrogens is 192 g/mol. The molecule has 0 bridgehead atoms. The third-order valence-electron chi connectivity index (χ3n) is 2.91. The molecule has 0 aliphatic heterocycles. The van der Waals surface area contributed by atoms with Gasteiger partial charge in [-0.05, 0) is 42.5 Å². The highest BCUT2D eigenvalue weighted by Gasteiger charge is 2.19. The summed E-state index contributed by atoms with van der Waals surface area (Å²) in [4.78, 5) is 0. The van der Waals surface area contributed by atoms with Crippen molar-refractivity contribution in [1.29, 1.82) is 0 Å². The summed E-state index contributed by atoms with van der Waals surface area (Å²) in [5, 5.41) is 9.57. The third-order valence-corrected chi connectivity index (χ3v) is 2.91. The molecule has 1 aromatic carbocycles. The molecular formula is C12H16O3. The van der Waals surface area contributed by atoms with Gasteiger partial charge in [-0.25, -0.2) is 0 Å². The molecule has 15 heavy (non-hydrogen) atoms. The highest BCUT2D eigenvalue weighted by molar-refractivity contribution is 5.48. The van der Waals surface area contributed by atoms with Crippen molar-refractivity contribution in [2.24, 2.45) is 0 Å². The predicted octanol–water partition coefficient (Wildman–Crippen LogP) is 1.55. The number of ether oxygens (including phenoxy) is 2. The van der Waals surface area contributed by atoms with Crippen molar-refractivity contribution in [1.82, 2.24) is 0 Å². The molecule has 1 unspecified atom stereocenters. The maximum Gasteiger partial charge on any atom is 0.161 e. The summed E-state index contributed by atoms with van der Waals surface area (Å²) >= 11 is 0. The van der Waals surface area contributed by atoms with Crippen LogP contribution in [0, 0.1) is 0 Å². The maximum atomic E-state index is 9.57. The number of aryl methyl sites for hydroxylation is 1. The van der Waals surface area contributed by atoms with Crippen LogP contribution >= 0.6 is 0 Å². The first kappa shape index (κ1) is 10.3. The number of rotatable bonds is 2. The van der Waals surface area contributed by atoms with Gasteiger partial charge in [-0.2, -0.15) is 0 Å². The first-order valence-corrected chi connectivity index (χ1v) is 5.16. The van der Waals surface area contributed by atoms with E-state index in [1.165, 1.54) is 11.1 Å². The van der Waals surface area contributed by atoms with Crippen molar-refractivity contribution >= 4 is 0 Å². The molecule has 0 heterocycles. The zero-order valence-electron chi connectivity index (χ0n) is 9.12. The molecule has 82 valence electrons. The van der Waals surface area contributed by atoms with Crippen LogP contribution in [0.25, 0.3) is 0 Å². The first-order valence-electron chi connectivity index (χ1n) is 5.16. The largest absolute Gasteiger partial charge is 0.493 e. The van der Waals surface area contributed by atoms with Gasteiger partial charge in [0.1, 0.15) is 0 Å². The molecule has 1 aliphatic carbocycles. The molecule has 3 heteroatoms. The van der Waals surface area contributed by atoms with Gasteiger partial charge in [-0.15, -0.1) is 0 Å². The summed E-state index contributed by atoms with van der Waals surface area (Å²) < 4.78 is 10.5. The summed E-state index contributed by atoms with van der Waals surface area (Å²) in [6, 6.07) is 3.98. The van der Waals surface area contributed by atoms with Crippen LogP contribution in [0.5, 0.6) is 11.5 Å². The molecule has 0 aromatic heterocycles. The van der Waals surface area contributed by atoms with Crippen molar-refractivity contribution in [3.63, 3.8) is 0 Å². The number of benzene rings is 1. The van der Waals surface area contributed by atoms with Crippen LogP contribution < -0.4 is 9.47 Å². The van der Waals surface area contributed by atoms with Gasteiger partial charge in [0.25, 0.3) is 0 Å². The van der Waals surface area contributed by atoms with Crippen LogP contribution in [0.4, 0.5) is 0 Å². The second-order valence-corrected chi connectivity index (χ2v) is 3.87. The molecule has 2 rings (SSSR count). The van der Waals surface area contributed by atoms with Gasteiger partial charge in [-0.1, -0.05) is 0 Å². The molecule has 3 nitrogen and oxygen atoms in total. The third kappa shape index (κ3) is 1.92. The molecule has 1 atom stereocenters. The van der Waals surface area contributed by atoms with E-state index in [0.29, 0.717) is 0 Å². The lowest BCUT2D eigenvalue weighted by atomic mass is 9.89. The molecule has 0 saturated heterocycles. The fourth-order valence-corrected chi connectivity index (χ4v) is 2.06. The van der Waals surface area contributed by atoms with Crippen LogP contribution in [-0.2, 0) is 12.8 Å². The minimum absolute atomic E-state index is 0.212. The highest BCUT2D eigenvalue weighted by atomic mass is 16.5. The van der Waals surface area contributed by atoms with Crippen LogP contribution in [-0.4, -0.2) is 25.4 Å². The van der Waals surface area contributed by atoms with E-state index in [-0.39, 0.29) is 6.10 Å².